The highest BCUT2D eigenvalue weighted by Gasteiger charge is 2.12. The Morgan fingerprint density at radius 1 is 1.24 bits per heavy atom. The summed E-state index contributed by atoms with van der Waals surface area (Å²) >= 11 is 0. The first kappa shape index (κ1) is 14.8. The molecule has 0 aliphatic rings. The SMILES string of the molecule is Cc1cc(C)c(C(=O)O)cc1NC(=O)CCc1ccoc1. The Balaban J connectivity index is 2.06. The van der Waals surface area contributed by atoms with Gasteiger partial charge < -0.3 is 14.8 Å². The highest BCUT2D eigenvalue weighted by Crippen LogP contribution is 2.21. The summed E-state index contributed by atoms with van der Waals surface area (Å²) < 4.78 is 4.94. The Labute approximate surface area is 122 Å². The molecule has 110 valence electrons. The molecule has 5 nitrogen and oxygen atoms in total. The van der Waals surface area contributed by atoms with Gasteiger partial charge in [0.25, 0.3) is 0 Å². The highest BCUT2D eigenvalue weighted by atomic mass is 16.4. The Kier molecular flexibility index (Phi) is 4.42. The predicted molar refractivity (Wildman–Crippen MR) is 78.5 cm³/mol. The number of rotatable bonds is 5. The number of amides is 1. The van der Waals surface area contributed by atoms with Gasteiger partial charge in [0.2, 0.25) is 5.91 Å². The zero-order valence-corrected chi connectivity index (χ0v) is 12.0. The lowest BCUT2D eigenvalue weighted by atomic mass is 10.0. The molecule has 0 atom stereocenters. The van der Waals surface area contributed by atoms with Gasteiger partial charge in [-0.05, 0) is 49.1 Å². The predicted octanol–water partition coefficient (Wildman–Crippen LogP) is 3.17. The van der Waals surface area contributed by atoms with E-state index < -0.39 is 5.97 Å². The number of aryl methyl sites for hydroxylation is 3. The van der Waals surface area contributed by atoms with E-state index in [4.69, 9.17) is 9.52 Å². The van der Waals surface area contributed by atoms with Crippen molar-refractivity contribution in [3.05, 3.63) is 53.0 Å². The maximum atomic E-state index is 11.9. The van der Waals surface area contributed by atoms with Crippen LogP contribution in [0.5, 0.6) is 0 Å². The topological polar surface area (TPSA) is 79.5 Å². The Hall–Kier alpha value is -2.56. The summed E-state index contributed by atoms with van der Waals surface area (Å²) in [5.74, 6) is -1.15. The molecule has 0 unspecified atom stereocenters. The molecule has 0 spiro atoms. The molecule has 1 aromatic heterocycles. The van der Waals surface area contributed by atoms with Crippen molar-refractivity contribution in [1.29, 1.82) is 0 Å². The maximum Gasteiger partial charge on any atom is 0.336 e. The molecule has 21 heavy (non-hydrogen) atoms. The molecule has 5 heteroatoms. The third-order valence-electron chi connectivity index (χ3n) is 3.30. The minimum atomic E-state index is -0.999. The van der Waals surface area contributed by atoms with Crippen LogP contribution in [0.3, 0.4) is 0 Å². The lowest BCUT2D eigenvalue weighted by Crippen LogP contribution is -2.14. The lowest BCUT2D eigenvalue weighted by Gasteiger charge is -2.11. The van der Waals surface area contributed by atoms with Crippen LogP contribution < -0.4 is 5.32 Å². The molecule has 0 aliphatic heterocycles. The minimum absolute atomic E-state index is 0.153. The number of carboxylic acid groups (broad SMARTS) is 1. The fourth-order valence-electron chi connectivity index (χ4n) is 2.12. The average Bonchev–Trinajstić information content (AvgIpc) is 2.92. The zero-order valence-electron chi connectivity index (χ0n) is 12.0. The molecule has 0 bridgehead atoms. The van der Waals surface area contributed by atoms with Gasteiger partial charge in [-0.3, -0.25) is 4.79 Å². The number of hydrogen-bond donors (Lipinski definition) is 2. The van der Waals surface area contributed by atoms with Crippen LogP contribution in [0.4, 0.5) is 5.69 Å². The molecule has 0 saturated heterocycles. The molecule has 1 heterocycles. The molecule has 2 rings (SSSR count). The number of carbonyl (C=O) groups excluding carboxylic acids is 1. The van der Waals surface area contributed by atoms with Crippen molar-refractivity contribution < 1.29 is 19.1 Å². The van der Waals surface area contributed by atoms with Gasteiger partial charge in [0.15, 0.2) is 0 Å². The normalized spacial score (nSPS) is 10.4. The molecule has 2 N–H and O–H groups in total. The van der Waals surface area contributed by atoms with E-state index in [2.05, 4.69) is 5.32 Å². The zero-order chi connectivity index (χ0) is 15.4. The first-order chi connectivity index (χ1) is 9.97. The van der Waals surface area contributed by atoms with E-state index in [1.165, 1.54) is 6.07 Å². The van der Waals surface area contributed by atoms with E-state index in [9.17, 15) is 9.59 Å². The number of anilines is 1. The van der Waals surface area contributed by atoms with E-state index in [1.54, 1.807) is 25.5 Å². The van der Waals surface area contributed by atoms with Gasteiger partial charge in [-0.1, -0.05) is 6.07 Å². The second-order valence-electron chi connectivity index (χ2n) is 4.97. The van der Waals surface area contributed by atoms with Gasteiger partial charge in [-0.25, -0.2) is 4.79 Å². The molecule has 0 fully saturated rings. The number of nitrogens with one attached hydrogen (secondary N) is 1. The number of carboxylic acids is 1. The first-order valence-corrected chi connectivity index (χ1v) is 6.63. The Morgan fingerprint density at radius 3 is 2.62 bits per heavy atom. The molecule has 2 aromatic rings. The van der Waals surface area contributed by atoms with Gasteiger partial charge in [0.1, 0.15) is 0 Å². The largest absolute Gasteiger partial charge is 0.478 e. The molecular weight excluding hydrogens is 270 g/mol. The van der Waals surface area contributed by atoms with Crippen molar-refractivity contribution in [1.82, 2.24) is 0 Å². The smallest absolute Gasteiger partial charge is 0.336 e. The van der Waals surface area contributed by atoms with Gasteiger partial charge in [0, 0.05) is 12.1 Å². The summed E-state index contributed by atoms with van der Waals surface area (Å²) in [6.07, 6.45) is 4.07. The van der Waals surface area contributed by atoms with Gasteiger partial charge >= 0.3 is 5.97 Å². The van der Waals surface area contributed by atoms with Crippen molar-refractivity contribution in [2.75, 3.05) is 5.32 Å². The molecule has 1 amide bonds. The van der Waals surface area contributed by atoms with E-state index >= 15 is 0 Å². The van der Waals surface area contributed by atoms with Crippen LogP contribution in [-0.2, 0) is 11.2 Å². The monoisotopic (exact) mass is 287 g/mol. The summed E-state index contributed by atoms with van der Waals surface area (Å²) in [4.78, 5) is 23.1. The minimum Gasteiger partial charge on any atom is -0.478 e. The van der Waals surface area contributed by atoms with Crippen LogP contribution in [0.15, 0.2) is 35.1 Å². The maximum absolute atomic E-state index is 11.9. The number of carbonyl (C=O) groups is 2. The fourth-order valence-corrected chi connectivity index (χ4v) is 2.12. The Bertz CT molecular complexity index is 659. The van der Waals surface area contributed by atoms with Crippen LogP contribution >= 0.6 is 0 Å². The van der Waals surface area contributed by atoms with Crippen LogP contribution in [0.1, 0.15) is 33.5 Å². The quantitative estimate of drug-likeness (QED) is 0.885. The van der Waals surface area contributed by atoms with E-state index in [0.717, 1.165) is 11.1 Å². The molecule has 0 radical (unpaired) electrons. The summed E-state index contributed by atoms with van der Waals surface area (Å²) in [6, 6.07) is 5.07. The van der Waals surface area contributed by atoms with Crippen molar-refractivity contribution in [3.63, 3.8) is 0 Å². The molecular formula is C16H17NO4. The average molecular weight is 287 g/mol. The first-order valence-electron chi connectivity index (χ1n) is 6.63. The summed E-state index contributed by atoms with van der Waals surface area (Å²) in [5.41, 5.74) is 3.21. The molecule has 0 saturated carbocycles. The second kappa shape index (κ2) is 6.26. The van der Waals surface area contributed by atoms with E-state index in [0.29, 0.717) is 24.1 Å². The summed E-state index contributed by atoms with van der Waals surface area (Å²) in [5, 5.41) is 11.9. The number of furan rings is 1. The van der Waals surface area contributed by atoms with Gasteiger partial charge in [-0.15, -0.1) is 0 Å². The highest BCUT2D eigenvalue weighted by molar-refractivity contribution is 5.95. The fraction of sp³-hybridized carbons (Fsp3) is 0.250. The van der Waals surface area contributed by atoms with Crippen molar-refractivity contribution in [2.24, 2.45) is 0 Å². The van der Waals surface area contributed by atoms with E-state index in [-0.39, 0.29) is 11.5 Å². The Morgan fingerprint density at radius 2 is 2.00 bits per heavy atom. The third kappa shape index (κ3) is 3.72. The van der Waals surface area contributed by atoms with Crippen LogP contribution in [0.25, 0.3) is 0 Å². The van der Waals surface area contributed by atoms with Gasteiger partial charge in [0.05, 0.1) is 18.1 Å². The van der Waals surface area contributed by atoms with Crippen LogP contribution in [0.2, 0.25) is 0 Å². The molecule has 1 aromatic carbocycles. The third-order valence-corrected chi connectivity index (χ3v) is 3.30. The second-order valence-corrected chi connectivity index (χ2v) is 4.97. The summed E-state index contributed by atoms with van der Waals surface area (Å²) in [7, 11) is 0. The summed E-state index contributed by atoms with van der Waals surface area (Å²) in [6.45, 7) is 3.57. The van der Waals surface area contributed by atoms with Crippen LogP contribution in [-0.4, -0.2) is 17.0 Å². The van der Waals surface area contributed by atoms with E-state index in [1.807, 2.05) is 13.0 Å². The standard InChI is InChI=1S/C16H17NO4/c1-10-7-11(2)14(8-13(10)16(19)20)17-15(18)4-3-12-5-6-21-9-12/h5-9H,3-4H2,1-2H3,(H,17,18)(H,19,20). The number of hydrogen-bond acceptors (Lipinski definition) is 3. The molecule has 0 aliphatic carbocycles. The van der Waals surface area contributed by atoms with Crippen molar-refractivity contribution in [3.8, 4) is 0 Å². The van der Waals surface area contributed by atoms with Gasteiger partial charge in [-0.2, -0.15) is 0 Å². The van der Waals surface area contributed by atoms with Crippen molar-refractivity contribution >= 4 is 17.6 Å². The van der Waals surface area contributed by atoms with Crippen LogP contribution in [0, 0.1) is 13.8 Å². The number of benzene rings is 1. The lowest BCUT2D eigenvalue weighted by molar-refractivity contribution is -0.116. The van der Waals surface area contributed by atoms with Crippen molar-refractivity contribution in [2.45, 2.75) is 26.7 Å². The number of aromatic carboxylic acids is 1.